The maximum Gasteiger partial charge on any atom is 0.132 e. The van der Waals surface area contributed by atoms with E-state index in [-0.39, 0.29) is 6.10 Å². The number of ether oxygens (including phenoxy) is 1. The average Bonchev–Trinajstić information content (AvgIpc) is 2.37. The smallest absolute Gasteiger partial charge is 0.132 e. The zero-order valence-corrected chi connectivity index (χ0v) is 13.1. The van der Waals surface area contributed by atoms with E-state index in [4.69, 9.17) is 4.74 Å². The summed E-state index contributed by atoms with van der Waals surface area (Å²) in [4.78, 5) is 1.17. The summed E-state index contributed by atoms with van der Waals surface area (Å²) in [7, 11) is 1.70. The molecule has 2 atom stereocenters. The normalized spacial score (nSPS) is 14.2. The van der Waals surface area contributed by atoms with Crippen molar-refractivity contribution in [3.63, 3.8) is 0 Å². The van der Waals surface area contributed by atoms with E-state index in [9.17, 15) is 5.11 Å². The first-order valence-corrected chi connectivity index (χ1v) is 7.89. The number of rotatable bonds is 8. The molecule has 3 nitrogen and oxygen atoms in total. The quantitative estimate of drug-likeness (QED) is 0.720. The molecule has 0 saturated carbocycles. The lowest BCUT2D eigenvalue weighted by molar-refractivity contribution is 0.163. The maximum absolute atomic E-state index is 9.32. The van der Waals surface area contributed by atoms with E-state index in [0.717, 1.165) is 25.3 Å². The van der Waals surface area contributed by atoms with Crippen LogP contribution in [0.15, 0.2) is 23.1 Å². The summed E-state index contributed by atoms with van der Waals surface area (Å²) in [5.41, 5.74) is 1.26. The molecule has 0 saturated heterocycles. The minimum absolute atomic E-state index is 0.221. The third-order valence-corrected chi connectivity index (χ3v) is 3.77. The Balaban J connectivity index is 2.45. The third kappa shape index (κ3) is 5.85. The van der Waals surface area contributed by atoms with Crippen LogP contribution >= 0.6 is 11.8 Å². The predicted molar refractivity (Wildman–Crippen MR) is 81.9 cm³/mol. The Bertz CT molecular complexity index is 382. The molecule has 0 fully saturated rings. The van der Waals surface area contributed by atoms with Crippen LogP contribution < -0.4 is 10.1 Å². The van der Waals surface area contributed by atoms with Crippen molar-refractivity contribution in [2.24, 2.45) is 5.92 Å². The summed E-state index contributed by atoms with van der Waals surface area (Å²) < 4.78 is 5.31. The van der Waals surface area contributed by atoms with Crippen molar-refractivity contribution in [3.05, 3.63) is 23.8 Å². The first-order chi connectivity index (χ1) is 9.06. The van der Waals surface area contributed by atoms with Gasteiger partial charge in [-0.05, 0) is 49.8 Å². The van der Waals surface area contributed by atoms with Crippen LogP contribution in [0.4, 0.5) is 0 Å². The van der Waals surface area contributed by atoms with Crippen molar-refractivity contribution >= 4 is 11.8 Å². The van der Waals surface area contributed by atoms with Crippen LogP contribution in [0.2, 0.25) is 0 Å². The van der Waals surface area contributed by atoms with Gasteiger partial charge < -0.3 is 15.2 Å². The zero-order valence-electron chi connectivity index (χ0n) is 12.3. The lowest BCUT2D eigenvalue weighted by Gasteiger charge is -2.15. The molecular formula is C15H25NO2S. The third-order valence-electron chi connectivity index (χ3n) is 3.01. The first kappa shape index (κ1) is 16.3. The summed E-state index contributed by atoms with van der Waals surface area (Å²) in [5, 5.41) is 12.8. The van der Waals surface area contributed by atoms with Crippen LogP contribution in [-0.2, 0) is 6.54 Å². The SMILES string of the molecule is COc1ccc(CNCC(C)CC(C)O)cc1SC. The Kier molecular flexibility index (Phi) is 7.28. The van der Waals surface area contributed by atoms with Crippen LogP contribution in [0.1, 0.15) is 25.8 Å². The molecule has 108 valence electrons. The molecule has 0 aliphatic carbocycles. The van der Waals surface area contributed by atoms with Crippen molar-refractivity contribution in [2.75, 3.05) is 19.9 Å². The average molecular weight is 283 g/mol. The highest BCUT2D eigenvalue weighted by atomic mass is 32.2. The molecular weight excluding hydrogens is 258 g/mol. The van der Waals surface area contributed by atoms with Gasteiger partial charge in [-0.15, -0.1) is 11.8 Å². The monoisotopic (exact) mass is 283 g/mol. The Morgan fingerprint density at radius 2 is 2.11 bits per heavy atom. The molecule has 0 amide bonds. The molecule has 0 spiro atoms. The number of hydrogen-bond acceptors (Lipinski definition) is 4. The van der Waals surface area contributed by atoms with Crippen LogP contribution in [0.25, 0.3) is 0 Å². The Labute approximate surface area is 120 Å². The second kappa shape index (κ2) is 8.46. The highest BCUT2D eigenvalue weighted by Gasteiger charge is 2.06. The van der Waals surface area contributed by atoms with Crippen molar-refractivity contribution in [3.8, 4) is 5.75 Å². The van der Waals surface area contributed by atoms with Gasteiger partial charge in [-0.2, -0.15) is 0 Å². The Morgan fingerprint density at radius 3 is 2.68 bits per heavy atom. The van der Waals surface area contributed by atoms with Gasteiger partial charge in [0.05, 0.1) is 13.2 Å². The van der Waals surface area contributed by atoms with Gasteiger partial charge in [0.2, 0.25) is 0 Å². The standard InChI is InChI=1S/C15H25NO2S/c1-11(7-12(2)17)9-16-10-13-5-6-14(18-3)15(8-13)19-4/h5-6,8,11-12,16-17H,7,9-10H2,1-4H3. The number of benzene rings is 1. The molecule has 1 rings (SSSR count). The Morgan fingerprint density at radius 1 is 1.37 bits per heavy atom. The minimum Gasteiger partial charge on any atom is -0.496 e. The van der Waals surface area contributed by atoms with Gasteiger partial charge in [0.15, 0.2) is 0 Å². The van der Waals surface area contributed by atoms with E-state index in [1.807, 2.05) is 13.0 Å². The highest BCUT2D eigenvalue weighted by Crippen LogP contribution is 2.28. The fourth-order valence-electron chi connectivity index (χ4n) is 2.12. The van der Waals surface area contributed by atoms with Gasteiger partial charge >= 0.3 is 0 Å². The maximum atomic E-state index is 9.32. The van der Waals surface area contributed by atoms with E-state index in [1.165, 1.54) is 10.5 Å². The van der Waals surface area contributed by atoms with Gasteiger partial charge in [0.1, 0.15) is 5.75 Å². The van der Waals surface area contributed by atoms with Crippen molar-refractivity contribution in [1.29, 1.82) is 0 Å². The van der Waals surface area contributed by atoms with Crippen LogP contribution in [-0.4, -0.2) is 31.1 Å². The molecule has 0 radical (unpaired) electrons. The van der Waals surface area contributed by atoms with E-state index >= 15 is 0 Å². The fourth-order valence-corrected chi connectivity index (χ4v) is 2.74. The molecule has 2 N–H and O–H groups in total. The molecule has 4 heteroatoms. The molecule has 2 unspecified atom stereocenters. The van der Waals surface area contributed by atoms with Gasteiger partial charge in [0, 0.05) is 11.4 Å². The van der Waals surface area contributed by atoms with Gasteiger partial charge in [-0.25, -0.2) is 0 Å². The van der Waals surface area contributed by atoms with E-state index in [1.54, 1.807) is 18.9 Å². The summed E-state index contributed by atoms with van der Waals surface area (Å²) in [6, 6.07) is 6.27. The number of aliphatic hydroxyl groups is 1. The molecule has 19 heavy (non-hydrogen) atoms. The van der Waals surface area contributed by atoms with Crippen molar-refractivity contribution in [1.82, 2.24) is 5.32 Å². The summed E-state index contributed by atoms with van der Waals surface area (Å²) in [5.74, 6) is 1.41. The Hall–Kier alpha value is -0.710. The predicted octanol–water partition coefficient (Wildman–Crippen LogP) is 2.91. The molecule has 1 aromatic rings. The molecule has 0 aliphatic rings. The fraction of sp³-hybridized carbons (Fsp3) is 0.600. The van der Waals surface area contributed by atoms with E-state index in [2.05, 4.69) is 30.6 Å². The lowest BCUT2D eigenvalue weighted by Crippen LogP contribution is -2.23. The van der Waals surface area contributed by atoms with Crippen molar-refractivity contribution < 1.29 is 9.84 Å². The largest absolute Gasteiger partial charge is 0.496 e. The zero-order chi connectivity index (χ0) is 14.3. The van der Waals surface area contributed by atoms with Gasteiger partial charge in [0.25, 0.3) is 0 Å². The van der Waals surface area contributed by atoms with Gasteiger partial charge in [-0.1, -0.05) is 13.0 Å². The van der Waals surface area contributed by atoms with Gasteiger partial charge in [-0.3, -0.25) is 0 Å². The van der Waals surface area contributed by atoms with Crippen LogP contribution in [0.5, 0.6) is 5.75 Å². The number of aliphatic hydroxyl groups excluding tert-OH is 1. The van der Waals surface area contributed by atoms with Crippen LogP contribution in [0, 0.1) is 5.92 Å². The van der Waals surface area contributed by atoms with E-state index < -0.39 is 0 Å². The summed E-state index contributed by atoms with van der Waals surface area (Å²) in [6.45, 7) is 5.76. The molecule has 0 aliphatic heterocycles. The highest BCUT2D eigenvalue weighted by molar-refractivity contribution is 7.98. The second-order valence-electron chi connectivity index (χ2n) is 5.01. The second-order valence-corrected chi connectivity index (χ2v) is 5.86. The summed E-state index contributed by atoms with van der Waals surface area (Å²) in [6.07, 6.45) is 2.67. The number of thioether (sulfide) groups is 1. The minimum atomic E-state index is -0.221. The topological polar surface area (TPSA) is 41.5 Å². The lowest BCUT2D eigenvalue weighted by atomic mass is 10.0. The number of methoxy groups -OCH3 is 1. The van der Waals surface area contributed by atoms with Crippen molar-refractivity contribution in [2.45, 2.75) is 37.8 Å². The molecule has 0 aromatic heterocycles. The molecule has 0 heterocycles. The summed E-state index contributed by atoms with van der Waals surface area (Å²) >= 11 is 1.70. The number of nitrogens with one attached hydrogen (secondary N) is 1. The van der Waals surface area contributed by atoms with Crippen LogP contribution in [0.3, 0.4) is 0 Å². The number of hydrogen-bond donors (Lipinski definition) is 2. The molecule has 1 aromatic carbocycles. The van der Waals surface area contributed by atoms with E-state index in [0.29, 0.717) is 5.92 Å². The molecule has 0 bridgehead atoms. The first-order valence-electron chi connectivity index (χ1n) is 6.66.